The van der Waals surface area contributed by atoms with Crippen molar-refractivity contribution in [2.75, 3.05) is 120 Å². The van der Waals surface area contributed by atoms with Crippen LogP contribution >= 0.6 is 15.9 Å². The van der Waals surface area contributed by atoms with Crippen LogP contribution < -0.4 is 75.9 Å². The average Bonchev–Trinajstić information content (AvgIpc) is 3.46. The summed E-state index contributed by atoms with van der Waals surface area (Å²) in [5.74, 6) is 0. The molecule has 3 heterocycles. The molecule has 0 spiro atoms. The number of pyridine rings is 3. The molecule has 0 aliphatic heterocycles. The van der Waals surface area contributed by atoms with Crippen LogP contribution in [0.4, 0.5) is 45.5 Å². The highest BCUT2D eigenvalue weighted by molar-refractivity contribution is 9.09. The number of hydrogen-bond donors (Lipinski definition) is 2. The molecular formula is C59H91Br4N15O2. The van der Waals surface area contributed by atoms with Crippen molar-refractivity contribution in [2.45, 2.75) is 67.9 Å². The summed E-state index contributed by atoms with van der Waals surface area (Å²) in [4.78, 5) is 22.0. The lowest BCUT2D eigenvalue weighted by molar-refractivity contribution is -0.925. The number of nitriles is 1. The first kappa shape index (κ1) is 80.7. The molecule has 6 rings (SSSR count). The molecule has 3 aromatic heterocycles. The fourth-order valence-electron chi connectivity index (χ4n) is 7.31. The predicted octanol–water partition coefficient (Wildman–Crippen LogP) is 5.03. The zero-order valence-electron chi connectivity index (χ0n) is 49.6. The van der Waals surface area contributed by atoms with Crippen LogP contribution in [-0.4, -0.2) is 124 Å². The van der Waals surface area contributed by atoms with Gasteiger partial charge in [0.1, 0.15) is 0 Å². The van der Waals surface area contributed by atoms with Gasteiger partial charge in [0.15, 0.2) is 24.3 Å². The number of alkyl halides is 1. The van der Waals surface area contributed by atoms with Gasteiger partial charge in [0.25, 0.3) is 0 Å². The standard InChI is InChI=1S/C22H35N5.C13H14N4.C9H21BrN.C8H11N.C5H6N2.C2H3N.3BrH.HNO2/c1-6-27(7-2,8-3)19-9-16-26-17-14-21(15-18-26)24-23-20-10-12-22(13-11-20)25(4)5;1-17(2)13-5-3-11(4-6-13)15-16-12-7-9-14-10-8-12;1-4-11(5-2,6-3)9-7-8-10;1-9(2)8-6-4-3-5-7-8;6-5-1-3-7-4-2-5;1-2-3;;;;2-1-3/h10-15,17-18H,6-9,16,19H2,1-5H3;3-10H,1-2H3;4-9H2,1-3H3;3-7H,1-2H3;1-4H,(H2,6,7);1H3;3*1H;(H,2,3)/q+2;;+1;;;;;;;/p-3. The van der Waals surface area contributed by atoms with E-state index >= 15 is 0 Å². The number of hydrogen-bond acceptors (Lipinski definition) is 13. The Kier molecular flexibility index (Phi) is 50.7. The largest absolute Gasteiger partial charge is 1.00 e. The van der Waals surface area contributed by atoms with Crippen LogP contribution in [0.25, 0.3) is 0 Å². The first-order valence-electron chi connectivity index (χ1n) is 26.2. The fourth-order valence-corrected chi connectivity index (χ4v) is 7.56. The van der Waals surface area contributed by atoms with Gasteiger partial charge in [-0.1, -0.05) is 34.1 Å². The van der Waals surface area contributed by atoms with E-state index in [-0.39, 0.29) is 50.9 Å². The number of quaternary nitrogens is 2. The van der Waals surface area contributed by atoms with Gasteiger partial charge in [0.05, 0.1) is 87.6 Å². The minimum absolute atomic E-state index is 0. The summed E-state index contributed by atoms with van der Waals surface area (Å²) in [7, 11) is 12.1. The van der Waals surface area contributed by atoms with E-state index in [4.69, 9.17) is 21.1 Å². The van der Waals surface area contributed by atoms with E-state index < -0.39 is 0 Å². The molecule has 0 aliphatic carbocycles. The number of nitrogens with zero attached hydrogens (tertiary/aromatic N) is 14. The predicted molar refractivity (Wildman–Crippen MR) is 326 cm³/mol. The number of para-hydroxylation sites is 1. The summed E-state index contributed by atoms with van der Waals surface area (Å²) in [5, 5.41) is 33.3. The third-order valence-corrected chi connectivity index (χ3v) is 13.2. The number of nitrogen functional groups attached to an aromatic ring is 1. The van der Waals surface area contributed by atoms with Crippen molar-refractivity contribution in [1.29, 1.82) is 5.26 Å². The number of rotatable bonds is 20. The third-order valence-electron chi connectivity index (χ3n) is 12.6. The van der Waals surface area contributed by atoms with Crippen molar-refractivity contribution < 1.29 is 69.7 Å². The molecule has 0 saturated heterocycles. The van der Waals surface area contributed by atoms with Crippen LogP contribution in [0.3, 0.4) is 0 Å². The van der Waals surface area contributed by atoms with Crippen molar-refractivity contribution in [3.05, 3.63) is 157 Å². The van der Waals surface area contributed by atoms with E-state index in [1.807, 2.05) is 126 Å². The second-order valence-corrected chi connectivity index (χ2v) is 18.8. The van der Waals surface area contributed by atoms with E-state index in [1.54, 1.807) is 43.0 Å². The van der Waals surface area contributed by atoms with Crippen molar-refractivity contribution in [1.82, 2.24) is 9.97 Å². The van der Waals surface area contributed by atoms with E-state index in [0.717, 1.165) is 51.7 Å². The highest BCUT2D eigenvalue weighted by atomic mass is 79.9. The molecule has 0 bridgehead atoms. The van der Waals surface area contributed by atoms with Gasteiger partial charge in [0.2, 0.25) is 0 Å². The lowest BCUT2D eigenvalue weighted by atomic mass is 10.2. The Hall–Kier alpha value is -5.76. The van der Waals surface area contributed by atoms with E-state index in [1.165, 1.54) is 92.1 Å². The number of halogens is 4. The van der Waals surface area contributed by atoms with Gasteiger partial charge in [-0.05, 0) is 126 Å². The Morgan fingerprint density at radius 3 is 1.12 bits per heavy atom. The average molecular weight is 1360 g/mol. The van der Waals surface area contributed by atoms with Gasteiger partial charge in [0, 0.05) is 121 Å². The SMILES string of the molecule is CC#N.CC[N+](CC)(CC)CCCBr.CC[N+](CC)(CC)CCC[n+]1ccc(N=Nc2ccc(N(C)C)cc2)cc1.CN(C)c1ccc(N=Nc2ccncc2)cc1.CN(C)c1ccccc1.Nc1ccncc1.O=NO.[Br-].[Br-].[Br-]. The van der Waals surface area contributed by atoms with Crippen LogP contribution in [-0.2, 0) is 6.54 Å². The Balaban J connectivity index is -0.000000469. The third kappa shape index (κ3) is 36.5. The van der Waals surface area contributed by atoms with Crippen molar-refractivity contribution in [2.24, 2.45) is 25.8 Å². The first-order chi connectivity index (χ1) is 37.0. The van der Waals surface area contributed by atoms with Crippen molar-refractivity contribution in [3.63, 3.8) is 0 Å². The molecule has 17 nitrogen and oxygen atoms in total. The van der Waals surface area contributed by atoms with Gasteiger partial charge in [-0.3, -0.25) is 9.97 Å². The highest BCUT2D eigenvalue weighted by Crippen LogP contribution is 2.22. The van der Waals surface area contributed by atoms with Gasteiger partial charge >= 0.3 is 0 Å². The number of nitrogens with two attached hydrogens (primary N) is 1. The molecule has 442 valence electrons. The minimum Gasteiger partial charge on any atom is -1.00 e. The summed E-state index contributed by atoms with van der Waals surface area (Å²) in [5.41, 5.74) is 13.0. The minimum atomic E-state index is 0. The highest BCUT2D eigenvalue weighted by Gasteiger charge is 2.21. The topological polar surface area (TPSA) is 188 Å². The molecule has 3 N–H and O–H groups in total. The zero-order chi connectivity index (χ0) is 57.7. The normalized spacial score (nSPS) is 9.96. The van der Waals surface area contributed by atoms with E-state index in [2.05, 4.69) is 139 Å². The molecule has 0 unspecified atom stereocenters. The smallest absolute Gasteiger partial charge is 0.171 e. The summed E-state index contributed by atoms with van der Waals surface area (Å²) >= 11 is 3.48. The zero-order valence-corrected chi connectivity index (χ0v) is 56.0. The monoisotopic (exact) mass is 1360 g/mol. The van der Waals surface area contributed by atoms with E-state index in [0.29, 0.717) is 0 Å². The van der Waals surface area contributed by atoms with Crippen LogP contribution in [0.15, 0.2) is 178 Å². The molecule has 0 radical (unpaired) electrons. The van der Waals surface area contributed by atoms with Gasteiger partial charge < -0.3 is 85.6 Å². The molecular weight excluding hydrogens is 1270 g/mol. The Bertz CT molecular complexity index is 2430. The summed E-state index contributed by atoms with van der Waals surface area (Å²) < 4.78 is 4.73. The maximum absolute atomic E-state index is 8.11. The molecule has 0 fully saturated rings. The number of azo groups is 2. The lowest BCUT2D eigenvalue weighted by Crippen LogP contribution is -3.00. The summed E-state index contributed by atoms with van der Waals surface area (Å²) in [6.07, 6.45) is 13.4. The fraction of sp³-hybridized carbons (Fsp3) is 0.424. The van der Waals surface area contributed by atoms with Crippen LogP contribution in [0.2, 0.25) is 0 Å². The second kappa shape index (κ2) is 50.2. The molecule has 21 heteroatoms. The number of aromatic nitrogens is 3. The van der Waals surface area contributed by atoms with Crippen molar-refractivity contribution >= 4 is 61.4 Å². The Labute approximate surface area is 520 Å². The number of anilines is 4. The molecule has 0 amide bonds. The summed E-state index contributed by atoms with van der Waals surface area (Å²) in [6.45, 7) is 26.3. The van der Waals surface area contributed by atoms with Crippen LogP contribution in [0.5, 0.6) is 0 Å². The van der Waals surface area contributed by atoms with Crippen LogP contribution in [0, 0.1) is 16.2 Å². The maximum atomic E-state index is 8.11. The molecule has 3 aromatic carbocycles. The van der Waals surface area contributed by atoms with Gasteiger partial charge in [-0.2, -0.15) is 25.7 Å². The molecule has 6 aromatic rings. The quantitative estimate of drug-likeness (QED) is 0.0264. The Morgan fingerprint density at radius 2 is 0.838 bits per heavy atom. The maximum Gasteiger partial charge on any atom is 0.171 e. The van der Waals surface area contributed by atoms with Crippen LogP contribution in [0.1, 0.15) is 61.3 Å². The van der Waals surface area contributed by atoms with Gasteiger partial charge in [-0.15, -0.1) is 4.91 Å². The summed E-state index contributed by atoms with van der Waals surface area (Å²) in [6, 6.07) is 39.2. The molecule has 0 atom stereocenters. The van der Waals surface area contributed by atoms with Gasteiger partial charge in [-0.25, -0.2) is 4.57 Å². The number of benzene rings is 3. The number of aryl methyl sites for hydroxylation is 1. The Morgan fingerprint density at radius 1 is 0.537 bits per heavy atom. The molecule has 0 saturated carbocycles. The molecule has 0 aliphatic rings. The lowest BCUT2D eigenvalue weighted by Gasteiger charge is -2.35. The molecule has 80 heavy (non-hydrogen) atoms. The first-order valence-corrected chi connectivity index (χ1v) is 27.4. The van der Waals surface area contributed by atoms with Crippen molar-refractivity contribution in [3.8, 4) is 6.07 Å². The second-order valence-electron chi connectivity index (χ2n) is 18.0. The van der Waals surface area contributed by atoms with E-state index in [9.17, 15) is 0 Å².